The van der Waals surface area contributed by atoms with Crippen molar-refractivity contribution in [3.05, 3.63) is 35.5 Å². The second kappa shape index (κ2) is 6.27. The summed E-state index contributed by atoms with van der Waals surface area (Å²) in [7, 11) is 0. The van der Waals surface area contributed by atoms with Crippen molar-refractivity contribution in [1.82, 2.24) is 10.3 Å². The largest absolute Gasteiger partial charge is 0.480 e. The number of hydrogen-bond acceptors (Lipinski definition) is 5. The van der Waals surface area contributed by atoms with Crippen LogP contribution in [0, 0.1) is 6.92 Å². The first-order valence-electron chi connectivity index (χ1n) is 7.64. The standard InChI is InChI=1S/C17H17N3O4/c1-9-13(12-3-5-15(21)20-17(12)24)7-10-6-11(18-8-16(22)23)2-4-14(10)19-9/h2,4,6-7,12,18H,3,5,8H2,1H3,(H,22,23)(H,20,21,24). The number of aliphatic carboxylic acids is 1. The lowest BCUT2D eigenvalue weighted by atomic mass is 9.89. The lowest BCUT2D eigenvalue weighted by molar-refractivity contribution is -0.135. The Morgan fingerprint density at radius 3 is 2.88 bits per heavy atom. The molecule has 0 aliphatic carbocycles. The van der Waals surface area contributed by atoms with Gasteiger partial charge >= 0.3 is 5.97 Å². The van der Waals surface area contributed by atoms with E-state index in [4.69, 9.17) is 5.11 Å². The molecule has 0 radical (unpaired) electrons. The predicted molar refractivity (Wildman–Crippen MR) is 87.7 cm³/mol. The monoisotopic (exact) mass is 327 g/mol. The summed E-state index contributed by atoms with van der Waals surface area (Å²) in [4.78, 5) is 38.6. The van der Waals surface area contributed by atoms with Crippen molar-refractivity contribution in [3.63, 3.8) is 0 Å². The third-order valence-corrected chi connectivity index (χ3v) is 4.10. The fourth-order valence-electron chi connectivity index (χ4n) is 2.92. The summed E-state index contributed by atoms with van der Waals surface area (Å²) in [5, 5.41) is 14.7. The lowest BCUT2D eigenvalue weighted by Crippen LogP contribution is -2.39. The number of carboxylic acids is 1. The highest BCUT2D eigenvalue weighted by atomic mass is 16.4. The number of aryl methyl sites for hydroxylation is 1. The molecule has 124 valence electrons. The van der Waals surface area contributed by atoms with Gasteiger partial charge in [0.25, 0.3) is 0 Å². The van der Waals surface area contributed by atoms with E-state index >= 15 is 0 Å². The molecule has 3 N–H and O–H groups in total. The van der Waals surface area contributed by atoms with Crippen LogP contribution in [0.25, 0.3) is 10.9 Å². The summed E-state index contributed by atoms with van der Waals surface area (Å²) in [6.45, 7) is 1.67. The molecular formula is C17H17N3O4. The molecule has 1 atom stereocenters. The lowest BCUT2D eigenvalue weighted by Gasteiger charge is -2.22. The Kier molecular flexibility index (Phi) is 4.16. The molecule has 1 saturated heterocycles. The van der Waals surface area contributed by atoms with Crippen LogP contribution in [0.1, 0.15) is 30.0 Å². The molecule has 1 aromatic heterocycles. The third-order valence-electron chi connectivity index (χ3n) is 4.10. The smallest absolute Gasteiger partial charge is 0.322 e. The Bertz CT molecular complexity index is 847. The van der Waals surface area contributed by atoms with Gasteiger partial charge in [0, 0.05) is 23.2 Å². The Balaban J connectivity index is 1.96. The topological polar surface area (TPSA) is 108 Å². The van der Waals surface area contributed by atoms with Gasteiger partial charge in [-0.25, -0.2) is 0 Å². The summed E-state index contributed by atoms with van der Waals surface area (Å²) < 4.78 is 0. The van der Waals surface area contributed by atoms with Crippen LogP contribution in [0.5, 0.6) is 0 Å². The minimum atomic E-state index is -0.943. The van der Waals surface area contributed by atoms with Crippen LogP contribution in [-0.2, 0) is 14.4 Å². The maximum atomic E-state index is 12.1. The molecule has 24 heavy (non-hydrogen) atoms. The van der Waals surface area contributed by atoms with Gasteiger partial charge in [0.2, 0.25) is 11.8 Å². The zero-order chi connectivity index (χ0) is 17.3. The molecule has 2 aromatic rings. The summed E-state index contributed by atoms with van der Waals surface area (Å²) in [5.41, 5.74) is 2.99. The number of carboxylic acid groups (broad SMARTS) is 1. The number of amides is 2. The highest BCUT2D eigenvalue weighted by molar-refractivity contribution is 6.01. The molecular weight excluding hydrogens is 310 g/mol. The molecule has 2 heterocycles. The fourth-order valence-corrected chi connectivity index (χ4v) is 2.92. The van der Waals surface area contributed by atoms with Crippen molar-refractivity contribution in [2.24, 2.45) is 0 Å². The number of rotatable bonds is 4. The van der Waals surface area contributed by atoms with E-state index in [2.05, 4.69) is 15.6 Å². The SMILES string of the molecule is Cc1nc2ccc(NCC(=O)O)cc2cc1C1CCC(=O)NC1=O. The average molecular weight is 327 g/mol. The van der Waals surface area contributed by atoms with Crippen molar-refractivity contribution < 1.29 is 19.5 Å². The number of nitrogens with one attached hydrogen (secondary N) is 2. The van der Waals surface area contributed by atoms with E-state index in [0.29, 0.717) is 18.5 Å². The second-order valence-corrected chi connectivity index (χ2v) is 5.82. The van der Waals surface area contributed by atoms with Crippen LogP contribution in [0.3, 0.4) is 0 Å². The number of benzene rings is 1. The molecule has 0 spiro atoms. The van der Waals surface area contributed by atoms with Crippen molar-refractivity contribution in [1.29, 1.82) is 0 Å². The van der Waals surface area contributed by atoms with Gasteiger partial charge in [-0.3, -0.25) is 24.7 Å². The molecule has 1 aromatic carbocycles. The molecule has 7 nitrogen and oxygen atoms in total. The Morgan fingerprint density at radius 2 is 2.17 bits per heavy atom. The van der Waals surface area contributed by atoms with E-state index in [1.807, 2.05) is 13.0 Å². The molecule has 1 fully saturated rings. The van der Waals surface area contributed by atoms with Crippen LogP contribution >= 0.6 is 0 Å². The second-order valence-electron chi connectivity index (χ2n) is 5.82. The molecule has 0 bridgehead atoms. The average Bonchev–Trinajstić information content (AvgIpc) is 2.53. The molecule has 0 saturated carbocycles. The maximum absolute atomic E-state index is 12.1. The quantitative estimate of drug-likeness (QED) is 0.736. The van der Waals surface area contributed by atoms with Crippen molar-refractivity contribution in [2.45, 2.75) is 25.7 Å². The van der Waals surface area contributed by atoms with Gasteiger partial charge in [0.1, 0.15) is 6.54 Å². The Morgan fingerprint density at radius 1 is 1.38 bits per heavy atom. The van der Waals surface area contributed by atoms with Crippen molar-refractivity contribution >= 4 is 34.4 Å². The third kappa shape index (κ3) is 3.19. The van der Waals surface area contributed by atoms with E-state index in [-0.39, 0.29) is 18.4 Å². The number of imide groups is 1. The molecule has 7 heteroatoms. The molecule has 1 aliphatic rings. The highest BCUT2D eigenvalue weighted by Gasteiger charge is 2.29. The summed E-state index contributed by atoms with van der Waals surface area (Å²) >= 11 is 0. The number of aromatic nitrogens is 1. The molecule has 2 amide bonds. The van der Waals surface area contributed by atoms with Crippen LogP contribution < -0.4 is 10.6 Å². The van der Waals surface area contributed by atoms with E-state index in [1.165, 1.54) is 0 Å². The summed E-state index contributed by atoms with van der Waals surface area (Å²) in [6, 6.07) is 7.27. The van der Waals surface area contributed by atoms with E-state index in [1.54, 1.807) is 18.2 Å². The number of pyridine rings is 1. The summed E-state index contributed by atoms with van der Waals surface area (Å²) in [6.07, 6.45) is 0.781. The number of hydrogen-bond donors (Lipinski definition) is 3. The van der Waals surface area contributed by atoms with Gasteiger partial charge in [-0.15, -0.1) is 0 Å². The molecule has 1 unspecified atom stereocenters. The number of anilines is 1. The highest BCUT2D eigenvalue weighted by Crippen LogP contribution is 2.30. The number of carbonyl (C=O) groups excluding carboxylic acids is 2. The number of piperidine rings is 1. The minimum Gasteiger partial charge on any atom is -0.480 e. The number of fused-ring (bicyclic) bond motifs is 1. The number of nitrogens with zero attached hydrogens (tertiary/aromatic N) is 1. The number of carbonyl (C=O) groups is 3. The van der Waals surface area contributed by atoms with Crippen LogP contribution in [0.2, 0.25) is 0 Å². The van der Waals surface area contributed by atoms with Crippen LogP contribution in [0.15, 0.2) is 24.3 Å². The zero-order valence-electron chi connectivity index (χ0n) is 13.1. The first kappa shape index (κ1) is 15.9. The van der Waals surface area contributed by atoms with Crippen molar-refractivity contribution in [2.75, 3.05) is 11.9 Å². The molecule has 3 rings (SSSR count). The van der Waals surface area contributed by atoms with E-state index < -0.39 is 11.9 Å². The van der Waals surface area contributed by atoms with Gasteiger partial charge in [-0.1, -0.05) is 0 Å². The van der Waals surface area contributed by atoms with Gasteiger partial charge in [-0.05, 0) is 43.2 Å². The van der Waals surface area contributed by atoms with Gasteiger partial charge < -0.3 is 10.4 Å². The first-order valence-corrected chi connectivity index (χ1v) is 7.64. The van der Waals surface area contributed by atoms with Gasteiger partial charge in [0.15, 0.2) is 0 Å². The van der Waals surface area contributed by atoms with Crippen molar-refractivity contribution in [3.8, 4) is 0 Å². The van der Waals surface area contributed by atoms with Gasteiger partial charge in [0.05, 0.1) is 11.4 Å². The zero-order valence-corrected chi connectivity index (χ0v) is 13.1. The van der Waals surface area contributed by atoms with E-state index in [0.717, 1.165) is 22.2 Å². The minimum absolute atomic E-state index is 0.176. The summed E-state index contributed by atoms with van der Waals surface area (Å²) in [5.74, 6) is -1.88. The Hall–Kier alpha value is -2.96. The fraction of sp³-hybridized carbons (Fsp3) is 0.294. The normalized spacial score (nSPS) is 17.6. The van der Waals surface area contributed by atoms with Gasteiger partial charge in [-0.2, -0.15) is 0 Å². The first-order chi connectivity index (χ1) is 11.4. The van der Waals surface area contributed by atoms with Crippen LogP contribution in [0.4, 0.5) is 5.69 Å². The molecule has 1 aliphatic heterocycles. The van der Waals surface area contributed by atoms with E-state index in [9.17, 15) is 14.4 Å². The predicted octanol–water partition coefficient (Wildman–Crippen LogP) is 1.56. The van der Waals surface area contributed by atoms with Crippen LogP contribution in [-0.4, -0.2) is 34.4 Å². The Labute approximate surface area is 138 Å². The maximum Gasteiger partial charge on any atom is 0.322 e.